The maximum Gasteiger partial charge on any atom is 0.164 e. The van der Waals surface area contributed by atoms with Crippen LogP contribution in [0.5, 0.6) is 0 Å². The van der Waals surface area contributed by atoms with E-state index in [0.29, 0.717) is 21.5 Å². The molecule has 0 saturated heterocycles. The highest BCUT2D eigenvalue weighted by atomic mass is 79.9. The second kappa shape index (κ2) is 6.68. The van der Waals surface area contributed by atoms with Crippen molar-refractivity contribution in [3.05, 3.63) is 33.3 Å². The molecule has 0 aliphatic rings. The molecule has 0 heterocycles. The first-order chi connectivity index (χ1) is 8.35. The molecule has 0 atom stereocenters. The lowest BCUT2D eigenvalue weighted by atomic mass is 10.1. The summed E-state index contributed by atoms with van der Waals surface area (Å²) in [5, 5.41) is 0.548. The van der Waals surface area contributed by atoms with Gasteiger partial charge in [-0.1, -0.05) is 18.5 Å². The molecule has 0 bridgehead atoms. The molecule has 18 heavy (non-hydrogen) atoms. The van der Waals surface area contributed by atoms with E-state index in [9.17, 15) is 13.2 Å². The van der Waals surface area contributed by atoms with Crippen LogP contribution in [0.2, 0.25) is 5.02 Å². The molecule has 0 aromatic heterocycles. The molecule has 1 aromatic carbocycles. The molecule has 0 saturated carbocycles. The lowest BCUT2D eigenvalue weighted by Crippen LogP contribution is -2.10. The molecule has 6 heteroatoms. The van der Waals surface area contributed by atoms with Crippen molar-refractivity contribution in [3.63, 3.8) is 0 Å². The fourth-order valence-electron chi connectivity index (χ4n) is 1.45. The number of halogens is 2. The van der Waals surface area contributed by atoms with E-state index in [1.54, 1.807) is 25.1 Å². The van der Waals surface area contributed by atoms with E-state index in [1.165, 1.54) is 0 Å². The molecule has 3 nitrogen and oxygen atoms in total. The van der Waals surface area contributed by atoms with Crippen molar-refractivity contribution in [2.24, 2.45) is 0 Å². The van der Waals surface area contributed by atoms with Gasteiger partial charge in [0.15, 0.2) is 5.78 Å². The van der Waals surface area contributed by atoms with Crippen LogP contribution in [-0.2, 0) is 9.84 Å². The second-order valence-electron chi connectivity index (χ2n) is 3.89. The number of Topliss-reactive ketones (excluding diaryl/α,β-unsaturated/α-hetero) is 1. The van der Waals surface area contributed by atoms with Crippen LogP contribution in [-0.4, -0.2) is 25.7 Å². The highest BCUT2D eigenvalue weighted by Gasteiger charge is 2.13. The minimum atomic E-state index is -3.00. The third-order valence-electron chi connectivity index (χ3n) is 2.53. The van der Waals surface area contributed by atoms with E-state index >= 15 is 0 Å². The topological polar surface area (TPSA) is 51.2 Å². The maximum absolute atomic E-state index is 11.9. The molecule has 1 aromatic rings. The van der Waals surface area contributed by atoms with Gasteiger partial charge in [-0.3, -0.25) is 4.79 Å². The Hall–Kier alpha value is -0.390. The van der Waals surface area contributed by atoms with Gasteiger partial charge in [-0.25, -0.2) is 8.42 Å². The Bertz CT molecular complexity index is 540. The van der Waals surface area contributed by atoms with Crippen molar-refractivity contribution in [2.75, 3.05) is 11.5 Å². The maximum atomic E-state index is 11.9. The minimum absolute atomic E-state index is 0.0560. The van der Waals surface area contributed by atoms with Crippen molar-refractivity contribution in [1.82, 2.24) is 0 Å². The number of carbonyl (C=O) groups is 1. The molecule has 0 fully saturated rings. The summed E-state index contributed by atoms with van der Waals surface area (Å²) in [7, 11) is -3.00. The third-order valence-corrected chi connectivity index (χ3v) is 5.21. The predicted octanol–water partition coefficient (Wildman–Crippen LogP) is 3.50. The van der Waals surface area contributed by atoms with Gasteiger partial charge in [-0.05, 0) is 40.5 Å². The van der Waals surface area contributed by atoms with Gasteiger partial charge >= 0.3 is 0 Å². The first kappa shape index (κ1) is 15.7. The van der Waals surface area contributed by atoms with Crippen LogP contribution in [0, 0.1) is 0 Å². The lowest BCUT2D eigenvalue weighted by Gasteiger charge is -2.04. The molecule has 0 radical (unpaired) electrons. The number of benzene rings is 1. The van der Waals surface area contributed by atoms with Crippen molar-refractivity contribution in [3.8, 4) is 0 Å². The van der Waals surface area contributed by atoms with E-state index in [0.717, 1.165) is 0 Å². The van der Waals surface area contributed by atoms with Gasteiger partial charge in [0.1, 0.15) is 9.84 Å². The van der Waals surface area contributed by atoms with Gasteiger partial charge < -0.3 is 0 Å². The van der Waals surface area contributed by atoms with Crippen LogP contribution < -0.4 is 0 Å². The van der Waals surface area contributed by atoms with Crippen LogP contribution in [0.25, 0.3) is 0 Å². The van der Waals surface area contributed by atoms with Gasteiger partial charge in [-0.2, -0.15) is 0 Å². The Kier molecular flexibility index (Phi) is 5.82. The Labute approximate surface area is 121 Å². The van der Waals surface area contributed by atoms with Gasteiger partial charge in [0.25, 0.3) is 0 Å². The van der Waals surface area contributed by atoms with E-state index in [1.807, 2.05) is 0 Å². The summed E-state index contributed by atoms with van der Waals surface area (Å²) in [5.74, 6) is 0.0940. The normalized spacial score (nSPS) is 11.5. The zero-order valence-electron chi connectivity index (χ0n) is 9.95. The molecular formula is C12H14BrClO3S. The fraction of sp³-hybridized carbons (Fsp3) is 0.417. The number of hydrogen-bond donors (Lipinski definition) is 0. The monoisotopic (exact) mass is 352 g/mol. The zero-order chi connectivity index (χ0) is 13.8. The van der Waals surface area contributed by atoms with E-state index < -0.39 is 9.84 Å². The van der Waals surface area contributed by atoms with E-state index in [4.69, 9.17) is 11.6 Å². The van der Waals surface area contributed by atoms with Gasteiger partial charge in [-0.15, -0.1) is 0 Å². The Morgan fingerprint density at radius 2 is 2.06 bits per heavy atom. The number of rotatable bonds is 6. The van der Waals surface area contributed by atoms with Gasteiger partial charge in [0.2, 0.25) is 0 Å². The quantitative estimate of drug-likeness (QED) is 0.735. The summed E-state index contributed by atoms with van der Waals surface area (Å²) in [4.78, 5) is 11.9. The molecule has 0 aliphatic heterocycles. The molecule has 0 aliphatic carbocycles. The standard InChI is InChI=1S/C12H14BrClO3S/c1-2-18(16,17)7-3-4-12(15)10-6-5-9(14)8-11(10)13/h5-6,8H,2-4,7H2,1H3. The molecule has 100 valence electrons. The number of carbonyl (C=O) groups excluding carboxylic acids is 1. The average Bonchev–Trinajstić information content (AvgIpc) is 2.28. The Balaban J connectivity index is 2.61. The van der Waals surface area contributed by atoms with Crippen molar-refractivity contribution >= 4 is 43.2 Å². The molecule has 0 spiro atoms. The second-order valence-corrected chi connectivity index (χ2v) is 7.65. The summed E-state index contributed by atoms with van der Waals surface area (Å²) < 4.78 is 23.2. The van der Waals surface area contributed by atoms with Crippen LogP contribution in [0.1, 0.15) is 30.1 Å². The summed E-state index contributed by atoms with van der Waals surface area (Å²) >= 11 is 9.05. The first-order valence-electron chi connectivity index (χ1n) is 5.54. The van der Waals surface area contributed by atoms with Crippen molar-refractivity contribution in [2.45, 2.75) is 19.8 Å². The highest BCUT2D eigenvalue weighted by molar-refractivity contribution is 9.10. The van der Waals surface area contributed by atoms with Crippen molar-refractivity contribution < 1.29 is 13.2 Å². The summed E-state index contributed by atoms with van der Waals surface area (Å²) in [6.45, 7) is 1.60. The smallest absolute Gasteiger partial charge is 0.164 e. The van der Waals surface area contributed by atoms with E-state index in [2.05, 4.69) is 15.9 Å². The van der Waals surface area contributed by atoms with E-state index in [-0.39, 0.29) is 23.7 Å². The number of ketones is 1. The molecule has 0 amide bonds. The number of sulfone groups is 1. The Morgan fingerprint density at radius 3 is 2.61 bits per heavy atom. The molecule has 0 N–H and O–H groups in total. The summed E-state index contributed by atoms with van der Waals surface area (Å²) in [6, 6.07) is 4.93. The fourth-order valence-corrected chi connectivity index (χ4v) is 3.22. The van der Waals surface area contributed by atoms with Crippen LogP contribution in [0.4, 0.5) is 0 Å². The minimum Gasteiger partial charge on any atom is -0.294 e. The van der Waals surface area contributed by atoms with Crippen molar-refractivity contribution in [1.29, 1.82) is 0 Å². The average molecular weight is 354 g/mol. The summed E-state index contributed by atoms with van der Waals surface area (Å²) in [5.41, 5.74) is 0.535. The SMILES string of the molecule is CCS(=O)(=O)CCCC(=O)c1ccc(Cl)cc1Br. The largest absolute Gasteiger partial charge is 0.294 e. The van der Waals surface area contributed by atoms with Gasteiger partial charge in [0.05, 0.1) is 5.75 Å². The lowest BCUT2D eigenvalue weighted by molar-refractivity contribution is 0.0981. The van der Waals surface area contributed by atoms with Crippen LogP contribution in [0.3, 0.4) is 0 Å². The highest BCUT2D eigenvalue weighted by Crippen LogP contribution is 2.23. The zero-order valence-corrected chi connectivity index (χ0v) is 13.1. The Morgan fingerprint density at radius 1 is 1.39 bits per heavy atom. The van der Waals surface area contributed by atoms with Crippen LogP contribution in [0.15, 0.2) is 22.7 Å². The third kappa shape index (κ3) is 4.71. The predicted molar refractivity (Wildman–Crippen MR) is 77.0 cm³/mol. The molecule has 0 unspecified atom stereocenters. The molecule has 1 rings (SSSR count). The van der Waals surface area contributed by atoms with Crippen LogP contribution >= 0.6 is 27.5 Å². The molecular weight excluding hydrogens is 340 g/mol. The summed E-state index contributed by atoms with van der Waals surface area (Å²) in [6.07, 6.45) is 0.573. The number of hydrogen-bond acceptors (Lipinski definition) is 3. The first-order valence-corrected chi connectivity index (χ1v) is 8.53. The van der Waals surface area contributed by atoms with Gasteiger partial charge in [0, 0.05) is 27.2 Å².